The second-order valence-electron chi connectivity index (χ2n) is 8.60. The highest BCUT2D eigenvalue weighted by molar-refractivity contribution is 7.95. The molecule has 1 heterocycles. The molecule has 0 radical (unpaired) electrons. The summed E-state index contributed by atoms with van der Waals surface area (Å²) in [4.78, 5) is 10.4. The van der Waals surface area contributed by atoms with Crippen molar-refractivity contribution in [2.24, 2.45) is 10.9 Å². The highest BCUT2D eigenvalue weighted by Crippen LogP contribution is 2.45. The predicted octanol–water partition coefficient (Wildman–Crippen LogP) is 4.39. The van der Waals surface area contributed by atoms with E-state index in [1.807, 2.05) is 0 Å². The maximum Gasteiger partial charge on any atom is 0.269 e. The van der Waals surface area contributed by atoms with Gasteiger partial charge in [0.1, 0.15) is 17.2 Å². The number of hydrogen-bond donors (Lipinski definition) is 2. The number of nitro groups is 1. The lowest BCUT2D eigenvalue weighted by Crippen LogP contribution is -2.27. The van der Waals surface area contributed by atoms with Crippen LogP contribution in [0.1, 0.15) is 30.0 Å². The lowest BCUT2D eigenvalue weighted by molar-refractivity contribution is -0.384. The van der Waals surface area contributed by atoms with E-state index in [-0.39, 0.29) is 39.9 Å². The molecule has 0 amide bonds. The molecule has 186 valence electrons. The molecule has 4 rings (SSSR count). The summed E-state index contributed by atoms with van der Waals surface area (Å²) < 4.78 is 46.9. The molecule has 36 heavy (non-hydrogen) atoms. The van der Waals surface area contributed by atoms with Crippen LogP contribution in [0.4, 0.5) is 10.1 Å². The van der Waals surface area contributed by atoms with E-state index in [1.54, 1.807) is 43.3 Å². The smallest absolute Gasteiger partial charge is 0.269 e. The van der Waals surface area contributed by atoms with E-state index >= 15 is 0 Å². The van der Waals surface area contributed by atoms with Gasteiger partial charge >= 0.3 is 0 Å². The molecule has 3 aromatic carbocycles. The van der Waals surface area contributed by atoms with E-state index in [0.29, 0.717) is 11.1 Å². The van der Waals surface area contributed by atoms with Gasteiger partial charge in [0.05, 0.1) is 14.7 Å². The van der Waals surface area contributed by atoms with Crippen molar-refractivity contribution >= 4 is 27.1 Å². The van der Waals surface area contributed by atoms with Gasteiger partial charge in [-0.15, -0.1) is 0 Å². The fraction of sp³-hybridized carbons (Fsp3) is 0.160. The monoisotopic (exact) mass is 511 g/mol. The van der Waals surface area contributed by atoms with Gasteiger partial charge in [-0.3, -0.25) is 10.1 Å². The number of nitrogens with two attached hydrogens (primary N) is 1. The minimum absolute atomic E-state index is 0.0149. The van der Waals surface area contributed by atoms with E-state index in [9.17, 15) is 22.9 Å². The molecule has 1 aliphatic heterocycles. The molecule has 0 aromatic heterocycles. The minimum Gasteiger partial charge on any atom is -0.485 e. The van der Waals surface area contributed by atoms with Crippen LogP contribution in [0.2, 0.25) is 0 Å². The molecule has 1 aliphatic rings. The van der Waals surface area contributed by atoms with E-state index in [0.717, 1.165) is 17.7 Å². The number of amidine groups is 1. The largest absolute Gasteiger partial charge is 0.485 e. The van der Waals surface area contributed by atoms with Crippen molar-refractivity contribution in [3.05, 3.63) is 110 Å². The molecule has 11 heteroatoms. The lowest BCUT2D eigenvalue weighted by atomic mass is 9.94. The zero-order chi connectivity index (χ0) is 26.1. The first-order valence-electron chi connectivity index (χ1n) is 10.8. The van der Waals surface area contributed by atoms with Crippen molar-refractivity contribution in [2.45, 2.75) is 30.3 Å². The quantitative estimate of drug-likeness (QED) is 0.119. The average molecular weight is 512 g/mol. The van der Waals surface area contributed by atoms with Gasteiger partial charge in [0, 0.05) is 36.1 Å². The van der Waals surface area contributed by atoms with Gasteiger partial charge in [0.2, 0.25) is 9.84 Å². The number of sulfone groups is 1. The number of nitrogens with zero attached hydrogens (tertiary/aromatic N) is 2. The number of halogens is 1. The number of rotatable bonds is 7. The van der Waals surface area contributed by atoms with Gasteiger partial charge in [-0.1, -0.05) is 41.6 Å². The zero-order valence-electron chi connectivity index (χ0n) is 19.1. The van der Waals surface area contributed by atoms with Crippen LogP contribution in [0.5, 0.6) is 0 Å². The molecule has 3 N–H and O–H groups in total. The van der Waals surface area contributed by atoms with Crippen LogP contribution >= 0.6 is 0 Å². The molecule has 0 spiro atoms. The highest BCUT2D eigenvalue weighted by atomic mass is 32.2. The standard InChI is InChI=1S/C25H22FN3O6S/c1-25(14-16-2-10-20(11-3-16)29(31)32)15-22(36(33,34)21-12-8-19(26)9-13-21)23(35-25)17-4-6-18(7-5-17)24(27)28-30/h2-13,30H,14-15H2,1H3,(H2,27,28). The molecule has 3 aromatic rings. The van der Waals surface area contributed by atoms with Crippen LogP contribution < -0.4 is 5.73 Å². The van der Waals surface area contributed by atoms with E-state index in [1.165, 1.54) is 24.3 Å². The first kappa shape index (κ1) is 24.9. The maximum absolute atomic E-state index is 13.6. The fourth-order valence-corrected chi connectivity index (χ4v) is 5.75. The number of ether oxygens (including phenoxy) is 1. The summed E-state index contributed by atoms with van der Waals surface area (Å²) in [5.74, 6) is -0.535. The van der Waals surface area contributed by atoms with Crippen molar-refractivity contribution in [1.82, 2.24) is 0 Å². The number of nitro benzene ring substituents is 1. The van der Waals surface area contributed by atoms with Crippen LogP contribution in [-0.4, -0.2) is 30.0 Å². The predicted molar refractivity (Wildman–Crippen MR) is 130 cm³/mol. The molecule has 1 unspecified atom stereocenters. The zero-order valence-corrected chi connectivity index (χ0v) is 19.9. The van der Waals surface area contributed by atoms with Crippen molar-refractivity contribution in [1.29, 1.82) is 0 Å². The van der Waals surface area contributed by atoms with Gasteiger partial charge < -0.3 is 15.7 Å². The second kappa shape index (κ2) is 9.42. The van der Waals surface area contributed by atoms with Crippen LogP contribution in [-0.2, 0) is 21.0 Å². The van der Waals surface area contributed by atoms with Crippen LogP contribution in [0.15, 0.2) is 87.8 Å². The lowest BCUT2D eigenvalue weighted by Gasteiger charge is -2.25. The number of non-ortho nitro benzene ring substituents is 1. The van der Waals surface area contributed by atoms with Crippen molar-refractivity contribution < 1.29 is 27.7 Å². The van der Waals surface area contributed by atoms with Crippen molar-refractivity contribution in [3.8, 4) is 0 Å². The number of benzene rings is 3. The molecule has 0 saturated heterocycles. The van der Waals surface area contributed by atoms with Crippen molar-refractivity contribution in [3.63, 3.8) is 0 Å². The minimum atomic E-state index is -4.05. The number of hydrogen-bond acceptors (Lipinski definition) is 7. The first-order valence-corrected chi connectivity index (χ1v) is 12.3. The van der Waals surface area contributed by atoms with Crippen molar-refractivity contribution in [2.75, 3.05) is 0 Å². The summed E-state index contributed by atoms with van der Waals surface area (Å²) in [7, 11) is -4.05. The van der Waals surface area contributed by atoms with Crippen LogP contribution in [0.25, 0.3) is 5.76 Å². The SMILES string of the molecule is CC1(Cc2ccc([N+](=O)[O-])cc2)CC(S(=O)(=O)c2ccc(F)cc2)=C(c2ccc(/C(N)=N/O)cc2)O1. The summed E-state index contributed by atoms with van der Waals surface area (Å²) in [5.41, 5.74) is 6.20. The molecule has 1 atom stereocenters. The summed E-state index contributed by atoms with van der Waals surface area (Å²) >= 11 is 0. The molecule has 0 bridgehead atoms. The Hall–Kier alpha value is -4.25. The Morgan fingerprint density at radius 1 is 1.11 bits per heavy atom. The Balaban J connectivity index is 1.75. The third-order valence-corrected chi connectivity index (χ3v) is 7.73. The summed E-state index contributed by atoms with van der Waals surface area (Å²) in [6.45, 7) is 1.76. The molecular formula is C25H22FN3O6S. The topological polar surface area (TPSA) is 145 Å². The fourth-order valence-electron chi connectivity index (χ4n) is 4.07. The first-order chi connectivity index (χ1) is 17.0. The second-order valence-corrected chi connectivity index (χ2v) is 10.6. The average Bonchev–Trinajstić information content (AvgIpc) is 3.22. The van der Waals surface area contributed by atoms with Gasteiger partial charge in [0.15, 0.2) is 5.84 Å². The van der Waals surface area contributed by atoms with Gasteiger partial charge in [-0.05, 0) is 36.8 Å². The van der Waals surface area contributed by atoms with Gasteiger partial charge in [-0.2, -0.15) is 0 Å². The molecule has 9 nitrogen and oxygen atoms in total. The highest BCUT2D eigenvalue weighted by Gasteiger charge is 2.43. The molecule has 0 aliphatic carbocycles. The van der Waals surface area contributed by atoms with E-state index in [2.05, 4.69) is 5.16 Å². The molecular weight excluding hydrogens is 489 g/mol. The summed E-state index contributed by atoms with van der Waals surface area (Å²) in [5, 5.41) is 22.8. The Kier molecular flexibility index (Phi) is 6.51. The Labute approximate surface area is 206 Å². The van der Waals surface area contributed by atoms with E-state index in [4.69, 9.17) is 15.7 Å². The normalized spacial score (nSPS) is 18.2. The summed E-state index contributed by atoms with van der Waals surface area (Å²) in [6, 6.07) is 16.8. The Bertz CT molecular complexity index is 1470. The third kappa shape index (κ3) is 4.91. The number of oxime groups is 1. The Morgan fingerprint density at radius 3 is 2.28 bits per heavy atom. The van der Waals surface area contributed by atoms with E-state index < -0.39 is 26.2 Å². The summed E-state index contributed by atoms with van der Waals surface area (Å²) in [6.07, 6.45) is 0.292. The van der Waals surface area contributed by atoms with Crippen LogP contribution in [0, 0.1) is 15.9 Å². The maximum atomic E-state index is 13.6. The van der Waals surface area contributed by atoms with Gasteiger partial charge in [0.25, 0.3) is 5.69 Å². The molecule has 0 saturated carbocycles. The Morgan fingerprint density at radius 2 is 1.72 bits per heavy atom. The molecule has 0 fully saturated rings. The van der Waals surface area contributed by atoms with Gasteiger partial charge in [-0.25, -0.2) is 12.8 Å². The third-order valence-electron chi connectivity index (χ3n) is 5.86. The van der Waals surface area contributed by atoms with Crippen LogP contribution in [0.3, 0.4) is 0 Å².